The molecule has 1 saturated carbocycles. The maximum Gasteiger partial charge on any atom is 0.252 e. The Kier molecular flexibility index (Phi) is 5.32. The second-order valence-corrected chi connectivity index (χ2v) is 5.12. The largest absolute Gasteiger partial charge is 0.384 e. The van der Waals surface area contributed by atoms with Gasteiger partial charge in [-0.3, -0.25) is 4.79 Å². The highest BCUT2D eigenvalue weighted by atomic mass is 19.1. The lowest BCUT2D eigenvalue weighted by atomic mass is 10.1. The van der Waals surface area contributed by atoms with Crippen molar-refractivity contribution in [3.8, 4) is 11.8 Å². The maximum absolute atomic E-state index is 13.2. The number of hydrogen-bond acceptors (Lipinski definition) is 3. The number of amides is 1. The van der Waals surface area contributed by atoms with Gasteiger partial charge in [0.1, 0.15) is 12.4 Å². The molecule has 2 rings (SSSR count). The van der Waals surface area contributed by atoms with Crippen LogP contribution in [0.2, 0.25) is 0 Å². The highest BCUT2D eigenvalue weighted by Gasteiger charge is 2.25. The van der Waals surface area contributed by atoms with Crippen LogP contribution < -0.4 is 5.32 Å². The lowest BCUT2D eigenvalue weighted by Crippen LogP contribution is -2.34. The van der Waals surface area contributed by atoms with Crippen LogP contribution in [-0.2, 0) is 0 Å². The highest BCUT2D eigenvalue weighted by Crippen LogP contribution is 2.24. The van der Waals surface area contributed by atoms with Crippen molar-refractivity contribution in [1.29, 1.82) is 0 Å². The number of aliphatic hydroxyl groups excluding tert-OH is 1. The van der Waals surface area contributed by atoms with E-state index in [4.69, 9.17) is 5.11 Å². The third kappa shape index (κ3) is 4.55. The molecular formula is C16H19FN2O2. The third-order valence-electron chi connectivity index (χ3n) is 3.45. The van der Waals surface area contributed by atoms with Gasteiger partial charge in [-0.05, 0) is 38.1 Å². The Morgan fingerprint density at radius 3 is 2.95 bits per heavy atom. The molecule has 0 saturated heterocycles. The molecule has 0 aliphatic heterocycles. The van der Waals surface area contributed by atoms with Crippen LogP contribution in [0.15, 0.2) is 18.2 Å². The summed E-state index contributed by atoms with van der Waals surface area (Å²) in [4.78, 5) is 14.3. The molecule has 1 aliphatic carbocycles. The number of likely N-dealkylation sites (N-methyl/N-ethyl adjacent to an activating group) is 1. The summed E-state index contributed by atoms with van der Waals surface area (Å²) in [5, 5.41) is 11.5. The van der Waals surface area contributed by atoms with E-state index in [0.29, 0.717) is 18.2 Å². The van der Waals surface area contributed by atoms with Crippen molar-refractivity contribution in [1.82, 2.24) is 10.2 Å². The molecule has 0 aromatic heterocycles. The maximum atomic E-state index is 13.2. The first-order valence-electron chi connectivity index (χ1n) is 6.99. The minimum absolute atomic E-state index is 0.276. The van der Waals surface area contributed by atoms with E-state index < -0.39 is 5.82 Å². The van der Waals surface area contributed by atoms with Crippen molar-refractivity contribution >= 4 is 5.91 Å². The van der Waals surface area contributed by atoms with Crippen LogP contribution in [0.5, 0.6) is 0 Å². The zero-order chi connectivity index (χ0) is 15.2. The first-order chi connectivity index (χ1) is 10.1. The van der Waals surface area contributed by atoms with Crippen LogP contribution in [-0.4, -0.2) is 48.7 Å². The molecule has 1 amide bonds. The first-order valence-corrected chi connectivity index (χ1v) is 6.99. The summed E-state index contributed by atoms with van der Waals surface area (Å²) in [5.41, 5.74) is 0.614. The molecule has 112 valence electrons. The second-order valence-electron chi connectivity index (χ2n) is 5.12. The quantitative estimate of drug-likeness (QED) is 0.795. The van der Waals surface area contributed by atoms with Crippen LogP contribution in [0, 0.1) is 17.7 Å². The molecule has 0 radical (unpaired) electrons. The average Bonchev–Trinajstić information content (AvgIpc) is 3.29. The third-order valence-corrected chi connectivity index (χ3v) is 3.45. The molecule has 0 spiro atoms. The van der Waals surface area contributed by atoms with Crippen molar-refractivity contribution < 1.29 is 14.3 Å². The molecule has 1 fully saturated rings. The van der Waals surface area contributed by atoms with Gasteiger partial charge in [0.15, 0.2) is 0 Å². The summed E-state index contributed by atoms with van der Waals surface area (Å²) in [6, 6.07) is 4.50. The minimum Gasteiger partial charge on any atom is -0.384 e. The summed E-state index contributed by atoms with van der Waals surface area (Å²) < 4.78 is 13.2. The molecule has 1 aromatic rings. The molecule has 5 heteroatoms. The monoisotopic (exact) mass is 290 g/mol. The topological polar surface area (TPSA) is 52.6 Å². The van der Waals surface area contributed by atoms with E-state index in [-0.39, 0.29) is 18.1 Å². The molecule has 2 N–H and O–H groups in total. The fraction of sp³-hybridized carbons (Fsp3) is 0.438. The van der Waals surface area contributed by atoms with E-state index in [0.717, 1.165) is 6.54 Å². The van der Waals surface area contributed by atoms with Crippen molar-refractivity contribution in [3.05, 3.63) is 35.1 Å². The lowest BCUT2D eigenvalue weighted by Gasteiger charge is -2.16. The number of nitrogens with zero attached hydrogens (tertiary/aromatic N) is 1. The Balaban J connectivity index is 1.97. The Morgan fingerprint density at radius 1 is 1.52 bits per heavy atom. The van der Waals surface area contributed by atoms with Gasteiger partial charge in [-0.2, -0.15) is 0 Å². The summed E-state index contributed by atoms with van der Waals surface area (Å²) in [6.45, 7) is 0.995. The fourth-order valence-corrected chi connectivity index (χ4v) is 2.09. The molecule has 0 bridgehead atoms. The van der Waals surface area contributed by atoms with E-state index in [9.17, 15) is 9.18 Å². The van der Waals surface area contributed by atoms with Gasteiger partial charge < -0.3 is 15.3 Å². The molecule has 4 nitrogen and oxygen atoms in total. The van der Waals surface area contributed by atoms with Gasteiger partial charge in [0.25, 0.3) is 5.91 Å². The predicted octanol–water partition coefficient (Wildman–Crippen LogP) is 0.993. The number of hydrogen-bond donors (Lipinski definition) is 2. The first kappa shape index (κ1) is 15.5. The van der Waals surface area contributed by atoms with E-state index in [2.05, 4.69) is 22.1 Å². The van der Waals surface area contributed by atoms with E-state index in [1.165, 1.54) is 31.0 Å². The zero-order valence-electron chi connectivity index (χ0n) is 12.0. The van der Waals surface area contributed by atoms with Gasteiger partial charge in [-0.1, -0.05) is 11.8 Å². The molecular weight excluding hydrogens is 271 g/mol. The van der Waals surface area contributed by atoms with Gasteiger partial charge in [-0.25, -0.2) is 4.39 Å². The molecule has 0 unspecified atom stereocenters. The summed E-state index contributed by atoms with van der Waals surface area (Å²) in [7, 11) is 2.04. The number of halogens is 1. The Bertz CT molecular complexity index is 573. The lowest BCUT2D eigenvalue weighted by molar-refractivity contribution is 0.0949. The van der Waals surface area contributed by atoms with E-state index in [1.54, 1.807) is 0 Å². The number of carbonyl (C=O) groups is 1. The Morgan fingerprint density at radius 2 is 2.29 bits per heavy atom. The average molecular weight is 290 g/mol. The fourth-order valence-electron chi connectivity index (χ4n) is 2.09. The molecule has 1 aromatic carbocycles. The Labute approximate surface area is 124 Å². The van der Waals surface area contributed by atoms with Crippen LogP contribution in [0.1, 0.15) is 28.8 Å². The molecule has 21 heavy (non-hydrogen) atoms. The van der Waals surface area contributed by atoms with Crippen LogP contribution in [0.3, 0.4) is 0 Å². The van der Waals surface area contributed by atoms with Gasteiger partial charge >= 0.3 is 0 Å². The predicted molar refractivity (Wildman–Crippen MR) is 78.3 cm³/mol. The summed E-state index contributed by atoms with van der Waals surface area (Å²) in [6.07, 6.45) is 2.45. The second kappa shape index (κ2) is 7.21. The smallest absolute Gasteiger partial charge is 0.252 e. The molecule has 0 heterocycles. The SMILES string of the molecule is CN(CCNC(=O)c1ccc(F)cc1C#CCO)C1CC1. The highest BCUT2D eigenvalue weighted by molar-refractivity contribution is 5.96. The van der Waals surface area contributed by atoms with Gasteiger partial charge in [0, 0.05) is 24.7 Å². The number of aliphatic hydroxyl groups is 1. The minimum atomic E-state index is -0.456. The van der Waals surface area contributed by atoms with Gasteiger partial charge in [0.05, 0.1) is 5.56 Å². The summed E-state index contributed by atoms with van der Waals surface area (Å²) >= 11 is 0. The van der Waals surface area contributed by atoms with Gasteiger partial charge in [0.2, 0.25) is 0 Å². The van der Waals surface area contributed by atoms with E-state index in [1.807, 2.05) is 7.05 Å². The standard InChI is InChI=1S/C16H19FN2O2/c1-19(14-5-6-14)9-8-18-16(21)15-7-4-13(17)11-12(15)3-2-10-20/h4,7,11,14,20H,5-6,8-10H2,1H3,(H,18,21). The van der Waals surface area contributed by atoms with Gasteiger partial charge in [-0.15, -0.1) is 0 Å². The van der Waals surface area contributed by atoms with Crippen LogP contribution in [0.4, 0.5) is 4.39 Å². The van der Waals surface area contributed by atoms with Crippen molar-refractivity contribution in [3.63, 3.8) is 0 Å². The number of nitrogens with one attached hydrogen (secondary N) is 1. The number of rotatable bonds is 5. The summed E-state index contributed by atoms with van der Waals surface area (Å²) in [5.74, 6) is 4.30. The van der Waals surface area contributed by atoms with Crippen molar-refractivity contribution in [2.24, 2.45) is 0 Å². The molecule has 0 atom stereocenters. The number of benzene rings is 1. The molecule has 1 aliphatic rings. The Hall–Kier alpha value is -1.90. The van der Waals surface area contributed by atoms with E-state index >= 15 is 0 Å². The van der Waals surface area contributed by atoms with Crippen molar-refractivity contribution in [2.75, 3.05) is 26.7 Å². The van der Waals surface area contributed by atoms with Crippen LogP contribution in [0.25, 0.3) is 0 Å². The zero-order valence-corrected chi connectivity index (χ0v) is 12.0. The number of carbonyl (C=O) groups excluding carboxylic acids is 1. The van der Waals surface area contributed by atoms with Crippen LogP contribution >= 0.6 is 0 Å². The normalized spacial score (nSPS) is 13.7. The van der Waals surface area contributed by atoms with Crippen molar-refractivity contribution in [2.45, 2.75) is 18.9 Å².